The maximum absolute atomic E-state index is 5.42. The first-order valence-electron chi connectivity index (χ1n) is 8.66. The van der Waals surface area contributed by atoms with Crippen molar-refractivity contribution >= 4 is 35.6 Å². The minimum atomic E-state index is 0. The smallest absolute Gasteiger partial charge is 0.231 e. The van der Waals surface area contributed by atoms with E-state index in [1.54, 1.807) is 7.05 Å². The first-order valence-corrected chi connectivity index (χ1v) is 8.66. The van der Waals surface area contributed by atoms with Crippen molar-refractivity contribution in [2.75, 3.05) is 32.8 Å². The summed E-state index contributed by atoms with van der Waals surface area (Å²) >= 11 is 0. The highest BCUT2D eigenvalue weighted by Gasteiger charge is 2.13. The molecule has 2 aromatic rings. The number of nitrogens with one attached hydrogen (secondary N) is 2. The van der Waals surface area contributed by atoms with Gasteiger partial charge in [0.15, 0.2) is 17.5 Å². The average molecular weight is 482 g/mol. The quantitative estimate of drug-likeness (QED) is 0.389. The third-order valence-corrected chi connectivity index (χ3v) is 4.41. The van der Waals surface area contributed by atoms with E-state index in [4.69, 9.17) is 9.47 Å². The lowest BCUT2D eigenvalue weighted by Gasteiger charge is -2.16. The van der Waals surface area contributed by atoms with Crippen LogP contribution in [0.5, 0.6) is 11.5 Å². The van der Waals surface area contributed by atoms with E-state index in [9.17, 15) is 0 Å². The van der Waals surface area contributed by atoms with Crippen LogP contribution in [0.2, 0.25) is 0 Å². The summed E-state index contributed by atoms with van der Waals surface area (Å²) in [7, 11) is 5.88. The third kappa shape index (κ3) is 5.41. The van der Waals surface area contributed by atoms with Crippen LogP contribution < -0.4 is 25.0 Å². The molecule has 0 amide bonds. The van der Waals surface area contributed by atoms with E-state index < -0.39 is 0 Å². The molecule has 6 nitrogen and oxygen atoms in total. The molecular weight excluding hydrogens is 455 g/mol. The van der Waals surface area contributed by atoms with Gasteiger partial charge in [0.2, 0.25) is 6.79 Å². The van der Waals surface area contributed by atoms with Crippen molar-refractivity contribution in [1.29, 1.82) is 0 Å². The highest BCUT2D eigenvalue weighted by molar-refractivity contribution is 14.0. The summed E-state index contributed by atoms with van der Waals surface area (Å²) in [6.45, 7) is 3.81. The molecule has 2 N–H and O–H groups in total. The maximum Gasteiger partial charge on any atom is 0.231 e. The second-order valence-corrected chi connectivity index (χ2v) is 6.47. The molecule has 1 aliphatic rings. The molecule has 0 spiro atoms. The van der Waals surface area contributed by atoms with Crippen LogP contribution in [0, 0.1) is 6.92 Å². The Balaban J connectivity index is 0.00000261. The Morgan fingerprint density at radius 3 is 2.48 bits per heavy atom. The number of hydrogen-bond acceptors (Lipinski definition) is 4. The molecule has 0 atom stereocenters. The van der Waals surface area contributed by atoms with E-state index in [1.807, 2.05) is 18.2 Å². The third-order valence-electron chi connectivity index (χ3n) is 4.41. The molecule has 0 fully saturated rings. The highest BCUT2D eigenvalue weighted by Crippen LogP contribution is 2.32. The van der Waals surface area contributed by atoms with E-state index in [0.29, 0.717) is 13.3 Å². The molecule has 7 heteroatoms. The standard InChI is InChI=1S/C20H26N4O2.HI/c1-14-9-17(24(3)4)7-6-16(14)12-23-20(21-2)22-11-15-5-8-18-19(10-15)26-13-25-18;/h5-10H,11-13H2,1-4H3,(H2,21,22,23);1H. The largest absolute Gasteiger partial charge is 0.454 e. The van der Waals surface area contributed by atoms with Crippen LogP contribution in [0.3, 0.4) is 0 Å². The number of aliphatic imine (C=N–C) groups is 1. The van der Waals surface area contributed by atoms with Gasteiger partial charge in [-0.05, 0) is 47.9 Å². The van der Waals surface area contributed by atoms with Gasteiger partial charge in [-0.25, -0.2) is 0 Å². The van der Waals surface area contributed by atoms with Crippen molar-refractivity contribution in [2.24, 2.45) is 4.99 Å². The SMILES string of the molecule is CN=C(NCc1ccc2c(c1)OCO2)NCc1ccc(N(C)C)cc1C.I. The van der Waals surface area contributed by atoms with Crippen molar-refractivity contribution in [2.45, 2.75) is 20.0 Å². The van der Waals surface area contributed by atoms with E-state index in [0.717, 1.165) is 29.6 Å². The fraction of sp³-hybridized carbons (Fsp3) is 0.350. The van der Waals surface area contributed by atoms with E-state index in [2.05, 4.69) is 59.7 Å². The topological polar surface area (TPSA) is 58.1 Å². The number of anilines is 1. The lowest BCUT2D eigenvalue weighted by atomic mass is 10.1. The zero-order valence-corrected chi connectivity index (χ0v) is 18.5. The molecule has 3 rings (SSSR count). The normalized spacial score (nSPS) is 12.4. The van der Waals surface area contributed by atoms with Gasteiger partial charge in [0.05, 0.1) is 0 Å². The minimum Gasteiger partial charge on any atom is -0.454 e. The Labute approximate surface area is 178 Å². The molecule has 1 heterocycles. The Kier molecular flexibility index (Phi) is 7.58. The number of benzene rings is 2. The van der Waals surface area contributed by atoms with Gasteiger partial charge in [-0.1, -0.05) is 12.1 Å². The fourth-order valence-electron chi connectivity index (χ4n) is 2.79. The van der Waals surface area contributed by atoms with Crippen molar-refractivity contribution < 1.29 is 9.47 Å². The number of nitrogens with zero attached hydrogens (tertiary/aromatic N) is 2. The number of guanidine groups is 1. The van der Waals surface area contributed by atoms with Gasteiger partial charge < -0.3 is 25.0 Å². The van der Waals surface area contributed by atoms with Crippen molar-refractivity contribution in [3.05, 3.63) is 53.1 Å². The summed E-state index contributed by atoms with van der Waals surface area (Å²) < 4.78 is 10.8. The molecule has 146 valence electrons. The fourth-order valence-corrected chi connectivity index (χ4v) is 2.79. The molecule has 27 heavy (non-hydrogen) atoms. The summed E-state index contributed by atoms with van der Waals surface area (Å²) in [4.78, 5) is 6.40. The van der Waals surface area contributed by atoms with Gasteiger partial charge in [-0.3, -0.25) is 4.99 Å². The first kappa shape index (κ1) is 21.1. The van der Waals surface area contributed by atoms with E-state index in [1.165, 1.54) is 16.8 Å². The van der Waals surface area contributed by atoms with Crippen LogP contribution in [0.4, 0.5) is 5.69 Å². The predicted octanol–water partition coefficient (Wildman–Crippen LogP) is 3.27. The number of rotatable bonds is 5. The van der Waals surface area contributed by atoms with Gasteiger partial charge in [0.25, 0.3) is 0 Å². The lowest BCUT2D eigenvalue weighted by molar-refractivity contribution is 0.174. The van der Waals surface area contributed by atoms with Crippen LogP contribution in [-0.2, 0) is 13.1 Å². The molecule has 0 radical (unpaired) electrons. The number of halogens is 1. The molecule has 0 aromatic heterocycles. The summed E-state index contributed by atoms with van der Waals surface area (Å²) in [5.74, 6) is 2.36. The first-order chi connectivity index (χ1) is 12.6. The van der Waals surface area contributed by atoms with Crippen LogP contribution >= 0.6 is 24.0 Å². The molecule has 0 saturated heterocycles. The van der Waals surface area contributed by atoms with Crippen LogP contribution in [0.15, 0.2) is 41.4 Å². The Hall–Kier alpha value is -2.16. The van der Waals surface area contributed by atoms with Crippen LogP contribution in [0.25, 0.3) is 0 Å². The average Bonchev–Trinajstić information content (AvgIpc) is 3.10. The van der Waals surface area contributed by atoms with Crippen molar-refractivity contribution in [1.82, 2.24) is 10.6 Å². The number of aryl methyl sites for hydroxylation is 1. The Bertz CT molecular complexity index is 809. The molecule has 2 aromatic carbocycles. The van der Waals surface area contributed by atoms with Gasteiger partial charge in [0, 0.05) is 39.9 Å². The van der Waals surface area contributed by atoms with Crippen molar-refractivity contribution in [3.8, 4) is 11.5 Å². The maximum atomic E-state index is 5.42. The van der Waals surface area contributed by atoms with E-state index in [-0.39, 0.29) is 24.0 Å². The molecule has 1 aliphatic heterocycles. The van der Waals surface area contributed by atoms with Gasteiger partial charge >= 0.3 is 0 Å². The second-order valence-electron chi connectivity index (χ2n) is 6.47. The van der Waals surface area contributed by atoms with Crippen molar-refractivity contribution in [3.63, 3.8) is 0 Å². The minimum absolute atomic E-state index is 0. The molecule has 0 saturated carbocycles. The highest BCUT2D eigenvalue weighted by atomic mass is 127. The van der Waals surface area contributed by atoms with E-state index >= 15 is 0 Å². The molecule has 0 unspecified atom stereocenters. The van der Waals surface area contributed by atoms with Gasteiger partial charge in [0.1, 0.15) is 0 Å². The summed E-state index contributed by atoms with van der Waals surface area (Å²) in [6.07, 6.45) is 0. The number of hydrogen-bond donors (Lipinski definition) is 2. The lowest BCUT2D eigenvalue weighted by Crippen LogP contribution is -2.36. The monoisotopic (exact) mass is 482 g/mol. The Morgan fingerprint density at radius 1 is 1.04 bits per heavy atom. The summed E-state index contributed by atoms with van der Waals surface area (Å²) in [5.41, 5.74) is 4.83. The van der Waals surface area contributed by atoms with Gasteiger partial charge in [-0.15, -0.1) is 24.0 Å². The summed E-state index contributed by atoms with van der Waals surface area (Å²) in [6, 6.07) is 12.4. The predicted molar refractivity (Wildman–Crippen MR) is 121 cm³/mol. The zero-order valence-electron chi connectivity index (χ0n) is 16.2. The summed E-state index contributed by atoms with van der Waals surface area (Å²) in [5, 5.41) is 6.70. The van der Waals surface area contributed by atoms with Crippen LogP contribution in [0.1, 0.15) is 16.7 Å². The van der Waals surface area contributed by atoms with Gasteiger partial charge in [-0.2, -0.15) is 0 Å². The molecule has 0 bridgehead atoms. The molecule has 0 aliphatic carbocycles. The number of ether oxygens (including phenoxy) is 2. The Morgan fingerprint density at radius 2 is 1.78 bits per heavy atom. The second kappa shape index (κ2) is 9.68. The zero-order chi connectivity index (χ0) is 18.5. The number of fused-ring (bicyclic) bond motifs is 1. The van der Waals surface area contributed by atoms with Crippen LogP contribution in [-0.4, -0.2) is 33.9 Å². The molecular formula is C20H27IN4O2.